The van der Waals surface area contributed by atoms with Gasteiger partial charge in [0.15, 0.2) is 0 Å². The summed E-state index contributed by atoms with van der Waals surface area (Å²) in [4.78, 5) is 16.3. The van der Waals surface area contributed by atoms with Crippen molar-refractivity contribution in [3.8, 4) is 5.75 Å². The summed E-state index contributed by atoms with van der Waals surface area (Å²) in [5.41, 5.74) is 0.932. The summed E-state index contributed by atoms with van der Waals surface area (Å²) in [6.45, 7) is 4.15. The Labute approximate surface area is 121 Å². The zero-order valence-corrected chi connectivity index (χ0v) is 12.6. The van der Waals surface area contributed by atoms with E-state index in [0.29, 0.717) is 5.75 Å². The highest BCUT2D eigenvalue weighted by Crippen LogP contribution is 2.32. The highest BCUT2D eigenvalue weighted by Gasteiger charge is 2.27. The first-order chi connectivity index (χ1) is 9.69. The van der Waals surface area contributed by atoms with Crippen LogP contribution in [-0.2, 0) is 4.79 Å². The number of hydrogen-bond donors (Lipinski definition) is 0. The number of rotatable bonds is 5. The first kappa shape index (κ1) is 15.0. The lowest BCUT2D eigenvalue weighted by atomic mass is 9.80. The standard InChI is InChI=1S/C17H25NO2/c1-3-4-5-14-7-9-15(10-8-14)17(19)20-16-11-6-13(2)18-12-16/h6,11-12,14-15H,3-5,7-10H2,1-2H3. The minimum atomic E-state index is -0.0791. The molecule has 0 radical (unpaired) electrons. The van der Waals surface area contributed by atoms with Crippen molar-refractivity contribution >= 4 is 5.97 Å². The lowest BCUT2D eigenvalue weighted by Gasteiger charge is -2.27. The molecule has 1 aromatic rings. The maximum Gasteiger partial charge on any atom is 0.314 e. The first-order valence-electron chi connectivity index (χ1n) is 7.83. The summed E-state index contributed by atoms with van der Waals surface area (Å²) in [6.07, 6.45) is 9.83. The number of unbranched alkanes of at least 4 members (excludes halogenated alkanes) is 1. The average molecular weight is 275 g/mol. The van der Waals surface area contributed by atoms with E-state index in [9.17, 15) is 4.79 Å². The second kappa shape index (κ2) is 7.41. The van der Waals surface area contributed by atoms with Crippen molar-refractivity contribution in [1.29, 1.82) is 0 Å². The Morgan fingerprint density at radius 3 is 2.65 bits per heavy atom. The molecular formula is C17H25NO2. The minimum Gasteiger partial charge on any atom is -0.425 e. The van der Waals surface area contributed by atoms with E-state index in [-0.39, 0.29) is 11.9 Å². The number of nitrogens with zero attached hydrogens (tertiary/aromatic N) is 1. The van der Waals surface area contributed by atoms with Crippen LogP contribution in [0.15, 0.2) is 18.3 Å². The Balaban J connectivity index is 1.78. The molecule has 0 spiro atoms. The summed E-state index contributed by atoms with van der Waals surface area (Å²) in [7, 11) is 0. The van der Waals surface area contributed by atoms with Crippen molar-refractivity contribution < 1.29 is 9.53 Å². The molecule has 0 N–H and O–H groups in total. The third kappa shape index (κ3) is 4.32. The van der Waals surface area contributed by atoms with Crippen LogP contribution in [0.3, 0.4) is 0 Å². The van der Waals surface area contributed by atoms with Crippen LogP contribution in [0, 0.1) is 18.8 Å². The van der Waals surface area contributed by atoms with Crippen molar-refractivity contribution in [2.24, 2.45) is 11.8 Å². The third-order valence-corrected chi connectivity index (χ3v) is 4.25. The average Bonchev–Trinajstić information content (AvgIpc) is 2.48. The molecule has 3 nitrogen and oxygen atoms in total. The summed E-state index contributed by atoms with van der Waals surface area (Å²) in [5.74, 6) is 1.38. The highest BCUT2D eigenvalue weighted by atomic mass is 16.5. The van der Waals surface area contributed by atoms with Gasteiger partial charge in [-0.25, -0.2) is 0 Å². The van der Waals surface area contributed by atoms with Gasteiger partial charge in [-0.1, -0.05) is 26.2 Å². The normalized spacial score (nSPS) is 22.5. The predicted molar refractivity (Wildman–Crippen MR) is 79.6 cm³/mol. The molecule has 0 aliphatic heterocycles. The number of carbonyl (C=O) groups excluding carboxylic acids is 1. The van der Waals surface area contributed by atoms with Gasteiger partial charge in [-0.05, 0) is 50.7 Å². The molecule has 1 aliphatic rings. The largest absolute Gasteiger partial charge is 0.425 e. The summed E-state index contributed by atoms with van der Waals surface area (Å²) in [5, 5.41) is 0. The van der Waals surface area contributed by atoms with Crippen LogP contribution < -0.4 is 4.74 Å². The quantitative estimate of drug-likeness (QED) is 0.752. The molecule has 2 rings (SSSR count). The number of aryl methyl sites for hydroxylation is 1. The maximum absolute atomic E-state index is 12.1. The van der Waals surface area contributed by atoms with Gasteiger partial charge in [0, 0.05) is 5.69 Å². The van der Waals surface area contributed by atoms with Gasteiger partial charge in [0.1, 0.15) is 5.75 Å². The van der Waals surface area contributed by atoms with E-state index in [1.807, 2.05) is 19.1 Å². The fraction of sp³-hybridized carbons (Fsp3) is 0.647. The van der Waals surface area contributed by atoms with Gasteiger partial charge in [0.25, 0.3) is 0 Å². The summed E-state index contributed by atoms with van der Waals surface area (Å²) in [6, 6.07) is 3.68. The highest BCUT2D eigenvalue weighted by molar-refractivity contribution is 5.75. The number of aromatic nitrogens is 1. The molecule has 3 heteroatoms. The molecule has 20 heavy (non-hydrogen) atoms. The second-order valence-corrected chi connectivity index (χ2v) is 5.92. The topological polar surface area (TPSA) is 39.2 Å². The van der Waals surface area contributed by atoms with Gasteiger partial charge in [-0.3, -0.25) is 9.78 Å². The van der Waals surface area contributed by atoms with E-state index in [4.69, 9.17) is 4.74 Å². The maximum atomic E-state index is 12.1. The molecule has 110 valence electrons. The van der Waals surface area contributed by atoms with Gasteiger partial charge < -0.3 is 4.74 Å². The Morgan fingerprint density at radius 1 is 1.30 bits per heavy atom. The fourth-order valence-electron chi connectivity index (χ4n) is 2.89. The molecule has 1 fully saturated rings. The van der Waals surface area contributed by atoms with Crippen LogP contribution in [0.4, 0.5) is 0 Å². The molecule has 0 atom stereocenters. The molecule has 1 heterocycles. The number of carbonyl (C=O) groups is 1. The fourth-order valence-corrected chi connectivity index (χ4v) is 2.89. The Morgan fingerprint density at radius 2 is 2.05 bits per heavy atom. The van der Waals surface area contributed by atoms with Crippen molar-refractivity contribution in [3.05, 3.63) is 24.0 Å². The minimum absolute atomic E-state index is 0.0779. The lowest BCUT2D eigenvalue weighted by molar-refractivity contribution is -0.140. The van der Waals surface area contributed by atoms with E-state index in [0.717, 1.165) is 24.5 Å². The van der Waals surface area contributed by atoms with E-state index in [1.165, 1.54) is 32.1 Å². The zero-order valence-electron chi connectivity index (χ0n) is 12.6. The molecule has 1 aliphatic carbocycles. The second-order valence-electron chi connectivity index (χ2n) is 5.92. The van der Waals surface area contributed by atoms with E-state index >= 15 is 0 Å². The van der Waals surface area contributed by atoms with Crippen LogP contribution in [0.2, 0.25) is 0 Å². The predicted octanol–water partition coefficient (Wildman–Crippen LogP) is 4.29. The van der Waals surface area contributed by atoms with Gasteiger partial charge in [0.2, 0.25) is 0 Å². The molecule has 0 aromatic carbocycles. The monoisotopic (exact) mass is 275 g/mol. The van der Waals surface area contributed by atoms with E-state index in [2.05, 4.69) is 11.9 Å². The molecule has 1 saturated carbocycles. The van der Waals surface area contributed by atoms with Crippen LogP contribution in [0.5, 0.6) is 5.75 Å². The molecule has 1 aromatic heterocycles. The first-order valence-corrected chi connectivity index (χ1v) is 7.83. The smallest absolute Gasteiger partial charge is 0.314 e. The van der Waals surface area contributed by atoms with Crippen molar-refractivity contribution in [3.63, 3.8) is 0 Å². The Hall–Kier alpha value is -1.38. The van der Waals surface area contributed by atoms with Crippen LogP contribution in [0.25, 0.3) is 0 Å². The lowest BCUT2D eigenvalue weighted by Crippen LogP contribution is -2.25. The number of esters is 1. The van der Waals surface area contributed by atoms with Crippen molar-refractivity contribution in [1.82, 2.24) is 4.98 Å². The zero-order chi connectivity index (χ0) is 14.4. The van der Waals surface area contributed by atoms with Crippen LogP contribution in [-0.4, -0.2) is 11.0 Å². The van der Waals surface area contributed by atoms with Crippen LogP contribution in [0.1, 0.15) is 57.6 Å². The third-order valence-electron chi connectivity index (χ3n) is 4.25. The Bertz CT molecular complexity index is 419. The van der Waals surface area contributed by atoms with E-state index < -0.39 is 0 Å². The summed E-state index contributed by atoms with van der Waals surface area (Å²) >= 11 is 0. The number of pyridine rings is 1. The molecule has 0 amide bonds. The van der Waals surface area contributed by atoms with Crippen molar-refractivity contribution in [2.75, 3.05) is 0 Å². The number of hydrogen-bond acceptors (Lipinski definition) is 3. The molecule has 0 bridgehead atoms. The van der Waals surface area contributed by atoms with E-state index in [1.54, 1.807) is 6.20 Å². The number of ether oxygens (including phenoxy) is 1. The Kier molecular flexibility index (Phi) is 5.57. The van der Waals surface area contributed by atoms with Crippen LogP contribution >= 0.6 is 0 Å². The van der Waals surface area contributed by atoms with Gasteiger partial charge in [-0.15, -0.1) is 0 Å². The van der Waals surface area contributed by atoms with Gasteiger partial charge >= 0.3 is 5.97 Å². The SMILES string of the molecule is CCCCC1CCC(C(=O)Oc2ccc(C)nc2)CC1. The van der Waals surface area contributed by atoms with Gasteiger partial charge in [-0.2, -0.15) is 0 Å². The van der Waals surface area contributed by atoms with Gasteiger partial charge in [0.05, 0.1) is 12.1 Å². The molecule has 0 unspecified atom stereocenters. The molecule has 0 saturated heterocycles. The molecular weight excluding hydrogens is 250 g/mol. The summed E-state index contributed by atoms with van der Waals surface area (Å²) < 4.78 is 5.42. The van der Waals surface area contributed by atoms with Crippen molar-refractivity contribution in [2.45, 2.75) is 58.8 Å².